The number of fused-ring (bicyclic) bond motifs is 1. The summed E-state index contributed by atoms with van der Waals surface area (Å²) in [6.45, 7) is 0. The van der Waals surface area contributed by atoms with E-state index < -0.39 is 5.91 Å². The number of pyridine rings is 1. The van der Waals surface area contributed by atoms with E-state index in [9.17, 15) is 4.79 Å². The van der Waals surface area contributed by atoms with Crippen LogP contribution in [-0.2, 0) is 7.05 Å². The van der Waals surface area contributed by atoms with Gasteiger partial charge in [-0.3, -0.25) is 15.2 Å². The van der Waals surface area contributed by atoms with Gasteiger partial charge in [-0.05, 0) is 35.7 Å². The summed E-state index contributed by atoms with van der Waals surface area (Å²) in [6.07, 6.45) is 2.95. The molecule has 2 heterocycles. The van der Waals surface area contributed by atoms with Crippen LogP contribution >= 0.6 is 24.2 Å². The molecule has 0 aliphatic carbocycles. The van der Waals surface area contributed by atoms with E-state index in [0.29, 0.717) is 33.7 Å². The largest absolute Gasteiger partial charge is 0.493 e. The van der Waals surface area contributed by atoms with E-state index in [1.165, 1.54) is 23.9 Å². The van der Waals surface area contributed by atoms with Gasteiger partial charge in [-0.25, -0.2) is 4.98 Å². The highest BCUT2D eigenvalue weighted by molar-refractivity contribution is 7.83. The number of methoxy groups -OCH3 is 1. The molecule has 0 saturated heterocycles. The van der Waals surface area contributed by atoms with Crippen molar-refractivity contribution in [3.63, 3.8) is 0 Å². The number of aromatic nitrogens is 3. The highest BCUT2D eigenvalue weighted by atomic mass is 35.5. The highest BCUT2D eigenvalue weighted by Gasteiger charge is 2.16. The zero-order valence-corrected chi connectivity index (χ0v) is 19.9. The lowest BCUT2D eigenvalue weighted by molar-refractivity contribution is 0.0935. The Hall–Kier alpha value is -3.89. The van der Waals surface area contributed by atoms with Crippen LogP contribution in [0.3, 0.4) is 0 Å². The summed E-state index contributed by atoms with van der Waals surface area (Å²) < 4.78 is 13.5. The number of carbonyl (C=O) groups is 1. The van der Waals surface area contributed by atoms with Gasteiger partial charge in [0.1, 0.15) is 11.4 Å². The lowest BCUT2D eigenvalue weighted by atomic mass is 10.2. The quantitative estimate of drug-likeness (QED) is 0.205. The minimum absolute atomic E-state index is 0.171. The Kier molecular flexibility index (Phi) is 7.09. The molecule has 2 aromatic carbocycles. The number of hydrogen-bond donors (Lipinski definition) is 4. The lowest BCUT2D eigenvalue weighted by Crippen LogP contribution is -2.33. The van der Waals surface area contributed by atoms with Gasteiger partial charge >= 0.3 is 0 Å². The summed E-state index contributed by atoms with van der Waals surface area (Å²) in [6, 6.07) is 14.1. The second-order valence-corrected chi connectivity index (χ2v) is 7.75. The second-order valence-electron chi connectivity index (χ2n) is 7.01. The van der Waals surface area contributed by atoms with E-state index in [1.54, 1.807) is 31.4 Å². The summed E-state index contributed by atoms with van der Waals surface area (Å²) in [5, 5.41) is 5.38. The number of thiol groups is 1. The summed E-state index contributed by atoms with van der Waals surface area (Å²) >= 11 is 9.88. The number of nitrogens with zero attached hydrogens (tertiary/aromatic N) is 3. The SMILES string of the molecule is COc1cc2c(cc1Oc1ccnc(C(=O)NN/C=C\S)c1)nc(Nc1ccc(Cl)cc1)n2C. The van der Waals surface area contributed by atoms with E-state index in [2.05, 4.69) is 38.8 Å². The van der Waals surface area contributed by atoms with Gasteiger partial charge in [0.25, 0.3) is 5.91 Å². The van der Waals surface area contributed by atoms with Gasteiger partial charge in [0.2, 0.25) is 5.95 Å². The number of aryl methyl sites for hydroxylation is 1. The number of anilines is 2. The van der Waals surface area contributed by atoms with Crippen molar-refractivity contribution in [2.45, 2.75) is 0 Å². The third-order valence-corrected chi connectivity index (χ3v) is 5.20. The summed E-state index contributed by atoms with van der Waals surface area (Å²) in [7, 11) is 3.46. The van der Waals surface area contributed by atoms with Crippen molar-refractivity contribution in [2.75, 3.05) is 12.4 Å². The smallest absolute Gasteiger partial charge is 0.288 e. The Balaban J connectivity index is 1.61. The van der Waals surface area contributed by atoms with Crippen molar-refractivity contribution in [3.8, 4) is 17.2 Å². The Morgan fingerprint density at radius 2 is 1.94 bits per heavy atom. The molecule has 0 aliphatic heterocycles. The summed E-state index contributed by atoms with van der Waals surface area (Å²) in [5.41, 5.74) is 7.63. The van der Waals surface area contributed by atoms with Crippen molar-refractivity contribution in [3.05, 3.63) is 77.1 Å². The van der Waals surface area contributed by atoms with Crippen LogP contribution < -0.4 is 25.6 Å². The topological polar surface area (TPSA) is 102 Å². The van der Waals surface area contributed by atoms with Gasteiger partial charge < -0.3 is 24.8 Å². The van der Waals surface area contributed by atoms with Crippen molar-refractivity contribution >= 4 is 52.8 Å². The van der Waals surface area contributed by atoms with Crippen molar-refractivity contribution in [1.82, 2.24) is 25.4 Å². The van der Waals surface area contributed by atoms with Gasteiger partial charge in [-0.15, -0.1) is 12.6 Å². The first-order valence-electron chi connectivity index (χ1n) is 10.0. The van der Waals surface area contributed by atoms with Gasteiger partial charge in [0.15, 0.2) is 11.5 Å². The fourth-order valence-corrected chi connectivity index (χ4v) is 3.35. The third kappa shape index (κ3) is 5.19. The molecule has 0 radical (unpaired) electrons. The van der Waals surface area contributed by atoms with Crippen molar-refractivity contribution in [1.29, 1.82) is 0 Å². The van der Waals surface area contributed by atoms with Crippen LogP contribution in [0.1, 0.15) is 10.5 Å². The predicted molar refractivity (Wildman–Crippen MR) is 135 cm³/mol. The highest BCUT2D eigenvalue weighted by Crippen LogP contribution is 2.36. The average molecular weight is 497 g/mol. The Bertz CT molecular complexity index is 1360. The first-order valence-corrected chi connectivity index (χ1v) is 10.9. The number of ether oxygens (including phenoxy) is 2. The molecule has 4 aromatic rings. The standard InChI is InChI=1S/C23H21ClN6O3S/c1-30-19-13-20(32-2)21(12-17(19)28-23(30)27-15-5-3-14(24)4-6-15)33-16-7-8-25-18(11-16)22(31)29-26-9-10-34/h3-13,26,34H,1-2H3,(H,27,28)(H,29,31)/b10-9-. The van der Waals surface area contributed by atoms with E-state index in [1.807, 2.05) is 29.8 Å². The first-order chi connectivity index (χ1) is 16.5. The van der Waals surface area contributed by atoms with Crippen LogP contribution in [0.4, 0.5) is 11.6 Å². The molecule has 11 heteroatoms. The van der Waals surface area contributed by atoms with Crippen molar-refractivity contribution in [2.24, 2.45) is 7.05 Å². The van der Waals surface area contributed by atoms with Crippen LogP contribution in [0.2, 0.25) is 5.02 Å². The van der Waals surface area contributed by atoms with Gasteiger partial charge in [0.05, 0.1) is 18.1 Å². The number of halogens is 1. The summed E-state index contributed by atoms with van der Waals surface area (Å²) in [5.74, 6) is 1.58. The maximum Gasteiger partial charge on any atom is 0.288 e. The Morgan fingerprint density at radius 3 is 2.68 bits per heavy atom. The molecule has 2 aromatic heterocycles. The van der Waals surface area contributed by atoms with Gasteiger partial charge in [-0.2, -0.15) is 0 Å². The number of carbonyl (C=O) groups excluding carboxylic acids is 1. The second kappa shape index (κ2) is 10.4. The molecule has 0 unspecified atom stereocenters. The normalized spacial score (nSPS) is 10.9. The number of benzene rings is 2. The van der Waals surface area contributed by atoms with Crippen LogP contribution in [0.15, 0.2) is 66.3 Å². The molecule has 9 nitrogen and oxygen atoms in total. The molecule has 0 spiro atoms. The van der Waals surface area contributed by atoms with Gasteiger partial charge in [0, 0.05) is 48.4 Å². The molecular weight excluding hydrogens is 476 g/mol. The number of rotatable bonds is 8. The fraction of sp³-hybridized carbons (Fsp3) is 0.0870. The molecule has 1 amide bonds. The number of amides is 1. The molecule has 174 valence electrons. The fourth-order valence-electron chi connectivity index (χ4n) is 3.15. The molecule has 0 aliphatic rings. The van der Waals surface area contributed by atoms with E-state index in [4.69, 9.17) is 21.1 Å². The van der Waals surface area contributed by atoms with Gasteiger partial charge in [-0.1, -0.05) is 11.6 Å². The van der Waals surface area contributed by atoms with Crippen LogP contribution in [0.5, 0.6) is 17.2 Å². The zero-order valence-electron chi connectivity index (χ0n) is 18.2. The van der Waals surface area contributed by atoms with Crippen LogP contribution in [0, 0.1) is 0 Å². The molecule has 4 rings (SSSR count). The van der Waals surface area contributed by atoms with Crippen LogP contribution in [0.25, 0.3) is 11.0 Å². The number of hydrogen-bond acceptors (Lipinski definition) is 8. The number of hydrazine groups is 1. The first kappa shape index (κ1) is 23.3. The lowest BCUT2D eigenvalue weighted by Gasteiger charge is -2.11. The molecular formula is C23H21ClN6O3S. The Labute approximate surface area is 206 Å². The van der Waals surface area contributed by atoms with E-state index >= 15 is 0 Å². The van der Waals surface area contributed by atoms with Crippen molar-refractivity contribution < 1.29 is 14.3 Å². The zero-order chi connectivity index (χ0) is 24.1. The molecule has 0 saturated carbocycles. The van der Waals surface area contributed by atoms with Crippen LogP contribution in [-0.4, -0.2) is 27.6 Å². The molecule has 0 bridgehead atoms. The van der Waals surface area contributed by atoms with E-state index in [0.717, 1.165) is 11.2 Å². The maximum absolute atomic E-state index is 12.2. The van der Waals surface area contributed by atoms with E-state index in [-0.39, 0.29) is 5.69 Å². The average Bonchev–Trinajstić information content (AvgIpc) is 3.14. The number of nitrogens with one attached hydrogen (secondary N) is 3. The molecule has 0 atom stereocenters. The monoisotopic (exact) mass is 496 g/mol. The maximum atomic E-state index is 12.2. The summed E-state index contributed by atoms with van der Waals surface area (Å²) in [4.78, 5) is 21.0. The minimum Gasteiger partial charge on any atom is -0.493 e. The minimum atomic E-state index is -0.429. The predicted octanol–water partition coefficient (Wildman–Crippen LogP) is 4.80. The molecule has 34 heavy (non-hydrogen) atoms. The number of imidazole rings is 1. The Morgan fingerprint density at radius 1 is 1.15 bits per heavy atom. The molecule has 0 fully saturated rings. The third-order valence-electron chi connectivity index (χ3n) is 4.80. The molecule has 3 N–H and O–H groups in total.